The predicted octanol–water partition coefficient (Wildman–Crippen LogP) is 3.97. The van der Waals surface area contributed by atoms with Crippen molar-refractivity contribution in [1.29, 1.82) is 0 Å². The molecule has 0 bridgehead atoms. The molecule has 21 heavy (non-hydrogen) atoms. The molecule has 7 heteroatoms. The van der Waals surface area contributed by atoms with Gasteiger partial charge in [-0.15, -0.1) is 0 Å². The van der Waals surface area contributed by atoms with Gasteiger partial charge >= 0.3 is 0 Å². The highest BCUT2D eigenvalue weighted by Crippen LogP contribution is 2.36. The van der Waals surface area contributed by atoms with Crippen molar-refractivity contribution < 1.29 is 17.2 Å². The highest BCUT2D eigenvalue weighted by molar-refractivity contribution is 9.10. The first-order valence-corrected chi connectivity index (χ1v) is 9.05. The molecular formula is C14H18BrF2NO2S. The Morgan fingerprint density at radius 3 is 2.33 bits per heavy atom. The van der Waals surface area contributed by atoms with Gasteiger partial charge in [0.05, 0.1) is 0 Å². The lowest BCUT2D eigenvalue weighted by atomic mass is 9.76. The minimum atomic E-state index is -4.01. The molecule has 1 aromatic carbocycles. The molecule has 118 valence electrons. The summed E-state index contributed by atoms with van der Waals surface area (Å²) in [5.74, 6) is -1.91. The van der Waals surface area contributed by atoms with Crippen molar-refractivity contribution in [2.24, 2.45) is 5.41 Å². The number of hydrogen-bond donors (Lipinski definition) is 1. The number of nitrogens with one attached hydrogen (secondary N) is 1. The van der Waals surface area contributed by atoms with Crippen molar-refractivity contribution in [2.75, 3.05) is 0 Å². The van der Waals surface area contributed by atoms with Crippen LogP contribution < -0.4 is 4.72 Å². The molecule has 0 atom stereocenters. The fourth-order valence-electron chi connectivity index (χ4n) is 2.58. The van der Waals surface area contributed by atoms with Crippen LogP contribution in [0.15, 0.2) is 21.5 Å². The van der Waals surface area contributed by atoms with Crippen molar-refractivity contribution in [1.82, 2.24) is 4.72 Å². The molecule has 0 saturated heterocycles. The van der Waals surface area contributed by atoms with Crippen LogP contribution >= 0.6 is 15.9 Å². The lowest BCUT2D eigenvalue weighted by Crippen LogP contribution is -2.39. The molecule has 1 N–H and O–H groups in total. The number of rotatable bonds is 3. The molecule has 0 aliphatic heterocycles. The summed E-state index contributed by atoms with van der Waals surface area (Å²) < 4.78 is 53.9. The van der Waals surface area contributed by atoms with Gasteiger partial charge in [-0.1, -0.05) is 13.8 Å². The zero-order valence-electron chi connectivity index (χ0n) is 11.9. The minimum Gasteiger partial charge on any atom is -0.208 e. The Hall–Kier alpha value is -0.530. The van der Waals surface area contributed by atoms with Crippen LogP contribution in [-0.4, -0.2) is 14.5 Å². The second kappa shape index (κ2) is 5.93. The fourth-order valence-corrected chi connectivity index (χ4v) is 5.05. The topological polar surface area (TPSA) is 46.2 Å². The minimum absolute atomic E-state index is 0.108. The van der Waals surface area contributed by atoms with Crippen LogP contribution in [0.3, 0.4) is 0 Å². The molecule has 0 heterocycles. The Labute approximate surface area is 132 Å². The van der Waals surface area contributed by atoms with E-state index >= 15 is 0 Å². The van der Waals surface area contributed by atoms with Crippen LogP contribution in [0, 0.1) is 17.0 Å². The summed E-state index contributed by atoms with van der Waals surface area (Å²) in [4.78, 5) is -0.534. The quantitative estimate of drug-likeness (QED) is 0.860. The lowest BCUT2D eigenvalue weighted by Gasteiger charge is -2.34. The fraction of sp³-hybridized carbons (Fsp3) is 0.571. The maximum absolute atomic E-state index is 13.8. The van der Waals surface area contributed by atoms with Gasteiger partial charge in [-0.3, -0.25) is 0 Å². The Morgan fingerprint density at radius 1 is 1.24 bits per heavy atom. The van der Waals surface area contributed by atoms with Crippen LogP contribution in [0.4, 0.5) is 8.78 Å². The summed E-state index contributed by atoms with van der Waals surface area (Å²) in [6.07, 6.45) is 3.25. The zero-order chi connectivity index (χ0) is 15.8. The van der Waals surface area contributed by atoms with Crippen molar-refractivity contribution in [3.63, 3.8) is 0 Å². The molecule has 3 nitrogen and oxygen atoms in total. The third-order valence-electron chi connectivity index (χ3n) is 3.89. The van der Waals surface area contributed by atoms with Crippen molar-refractivity contribution >= 4 is 26.0 Å². The average Bonchev–Trinajstić information content (AvgIpc) is 2.30. The lowest BCUT2D eigenvalue weighted by molar-refractivity contribution is 0.218. The molecule has 0 aromatic heterocycles. The van der Waals surface area contributed by atoms with Gasteiger partial charge in [-0.25, -0.2) is 21.9 Å². The summed E-state index contributed by atoms with van der Waals surface area (Å²) in [5, 5.41) is 0. The van der Waals surface area contributed by atoms with E-state index in [9.17, 15) is 17.2 Å². The van der Waals surface area contributed by atoms with Gasteiger partial charge in [0.25, 0.3) is 0 Å². The number of benzene rings is 1. The molecule has 0 spiro atoms. The zero-order valence-corrected chi connectivity index (χ0v) is 14.3. The highest BCUT2D eigenvalue weighted by atomic mass is 79.9. The molecule has 2 rings (SSSR count). The van der Waals surface area contributed by atoms with Gasteiger partial charge in [0.15, 0.2) is 0 Å². The monoisotopic (exact) mass is 381 g/mol. The molecule has 1 fully saturated rings. The first kappa shape index (κ1) is 16.8. The molecule has 1 saturated carbocycles. The Kier molecular flexibility index (Phi) is 4.75. The van der Waals surface area contributed by atoms with Crippen molar-refractivity contribution in [3.8, 4) is 0 Å². The van der Waals surface area contributed by atoms with E-state index < -0.39 is 26.6 Å². The van der Waals surface area contributed by atoms with E-state index in [0.29, 0.717) is 18.9 Å². The normalized spacial score (nSPS) is 19.7. The summed E-state index contributed by atoms with van der Waals surface area (Å²) in [7, 11) is -4.01. The Balaban J connectivity index is 2.20. The van der Waals surface area contributed by atoms with E-state index in [1.165, 1.54) is 0 Å². The highest BCUT2D eigenvalue weighted by Gasteiger charge is 2.31. The third-order valence-corrected chi connectivity index (χ3v) is 6.38. The van der Waals surface area contributed by atoms with Crippen molar-refractivity contribution in [2.45, 2.75) is 50.5 Å². The number of sulfonamides is 1. The molecule has 1 aliphatic carbocycles. The summed E-state index contributed by atoms with van der Waals surface area (Å²) in [6, 6.07) is 1.31. The average molecular weight is 382 g/mol. The van der Waals surface area contributed by atoms with Crippen LogP contribution in [0.5, 0.6) is 0 Å². The van der Waals surface area contributed by atoms with Gasteiger partial charge in [0.1, 0.15) is 16.5 Å². The third kappa shape index (κ3) is 4.02. The molecule has 1 aliphatic rings. The first-order valence-electron chi connectivity index (χ1n) is 6.78. The van der Waals surface area contributed by atoms with Crippen LogP contribution in [0.25, 0.3) is 0 Å². The SMILES string of the molecule is CC1(C)CCC(NS(=O)(=O)c2c(F)cc(F)cc2Br)CC1. The van der Waals surface area contributed by atoms with Gasteiger partial charge < -0.3 is 0 Å². The maximum atomic E-state index is 13.8. The van der Waals surface area contributed by atoms with Crippen LogP contribution in [0.2, 0.25) is 0 Å². The largest absolute Gasteiger partial charge is 0.244 e. The van der Waals surface area contributed by atoms with E-state index in [1.54, 1.807) is 0 Å². The van der Waals surface area contributed by atoms with Gasteiger partial charge in [-0.05, 0) is 53.1 Å². The van der Waals surface area contributed by atoms with Gasteiger partial charge in [0.2, 0.25) is 10.0 Å². The van der Waals surface area contributed by atoms with E-state index in [-0.39, 0.29) is 15.9 Å². The Bertz CT molecular complexity index is 613. The van der Waals surface area contributed by atoms with E-state index in [2.05, 4.69) is 34.5 Å². The summed E-state index contributed by atoms with van der Waals surface area (Å²) in [6.45, 7) is 4.29. The van der Waals surface area contributed by atoms with E-state index in [1.807, 2.05) is 0 Å². The molecule has 0 amide bonds. The van der Waals surface area contributed by atoms with E-state index in [0.717, 1.165) is 18.9 Å². The first-order chi connectivity index (χ1) is 9.61. The summed E-state index contributed by atoms with van der Waals surface area (Å²) in [5.41, 5.74) is 0.212. The molecule has 1 aromatic rings. The molecule has 0 unspecified atom stereocenters. The van der Waals surface area contributed by atoms with Crippen molar-refractivity contribution in [3.05, 3.63) is 28.2 Å². The standard InChI is InChI=1S/C14H18BrF2NO2S/c1-14(2)5-3-10(4-6-14)18-21(19,20)13-11(15)7-9(16)8-12(13)17/h7-8,10,18H,3-6H2,1-2H3. The number of hydrogen-bond acceptors (Lipinski definition) is 2. The number of halogens is 3. The molecule has 0 radical (unpaired) electrons. The summed E-state index contributed by atoms with van der Waals surface area (Å²) >= 11 is 2.92. The van der Waals surface area contributed by atoms with Crippen LogP contribution in [-0.2, 0) is 10.0 Å². The predicted molar refractivity (Wildman–Crippen MR) is 80.4 cm³/mol. The maximum Gasteiger partial charge on any atom is 0.244 e. The van der Waals surface area contributed by atoms with Gasteiger partial charge in [0, 0.05) is 16.6 Å². The van der Waals surface area contributed by atoms with Gasteiger partial charge in [-0.2, -0.15) is 0 Å². The van der Waals surface area contributed by atoms with Crippen LogP contribution in [0.1, 0.15) is 39.5 Å². The second-order valence-electron chi connectivity index (χ2n) is 6.26. The Morgan fingerprint density at radius 2 is 1.81 bits per heavy atom. The second-order valence-corrected chi connectivity index (χ2v) is 8.76. The molecular weight excluding hydrogens is 364 g/mol. The smallest absolute Gasteiger partial charge is 0.208 e. The van der Waals surface area contributed by atoms with E-state index in [4.69, 9.17) is 0 Å².